The Balaban J connectivity index is 1.41. The number of thioether (sulfide) groups is 1. The Labute approximate surface area is 156 Å². The van der Waals surface area contributed by atoms with Crippen LogP contribution < -0.4 is 10.2 Å². The quantitative estimate of drug-likeness (QED) is 0.857. The molecule has 4 rings (SSSR count). The van der Waals surface area contributed by atoms with E-state index in [2.05, 4.69) is 77.4 Å². The predicted molar refractivity (Wildman–Crippen MR) is 111 cm³/mol. The molecular formula is C22H28N2S. The highest BCUT2D eigenvalue weighted by Crippen LogP contribution is 2.29. The first-order valence-electron chi connectivity index (χ1n) is 9.54. The van der Waals surface area contributed by atoms with Gasteiger partial charge in [0, 0.05) is 36.6 Å². The lowest BCUT2D eigenvalue weighted by atomic mass is 9.99. The molecule has 2 saturated heterocycles. The molecule has 1 atom stereocenters. The van der Waals surface area contributed by atoms with Gasteiger partial charge in [-0.1, -0.05) is 36.4 Å². The molecule has 3 heteroatoms. The van der Waals surface area contributed by atoms with E-state index in [9.17, 15) is 0 Å². The molecule has 0 radical (unpaired) electrons. The molecule has 2 aliphatic heterocycles. The molecule has 0 spiro atoms. The van der Waals surface area contributed by atoms with Gasteiger partial charge in [-0.3, -0.25) is 0 Å². The molecule has 2 fully saturated rings. The minimum Gasteiger partial charge on any atom is -0.371 e. The summed E-state index contributed by atoms with van der Waals surface area (Å²) in [6, 6.07) is 19.2. The maximum absolute atomic E-state index is 3.89. The Hall–Kier alpha value is -1.45. The molecule has 0 saturated carbocycles. The number of aryl methyl sites for hydroxylation is 1. The second kappa shape index (κ2) is 7.84. The van der Waals surface area contributed by atoms with E-state index in [-0.39, 0.29) is 0 Å². The monoisotopic (exact) mass is 352 g/mol. The van der Waals surface area contributed by atoms with E-state index in [1.54, 1.807) is 0 Å². The van der Waals surface area contributed by atoms with Crippen molar-refractivity contribution in [2.24, 2.45) is 0 Å². The van der Waals surface area contributed by atoms with Gasteiger partial charge in [0.05, 0.1) is 0 Å². The van der Waals surface area contributed by atoms with E-state index in [1.165, 1.54) is 53.1 Å². The maximum Gasteiger partial charge on any atom is 0.0372 e. The van der Waals surface area contributed by atoms with Crippen molar-refractivity contribution < 1.29 is 0 Å². The number of hydrogen-bond acceptors (Lipinski definition) is 3. The topological polar surface area (TPSA) is 15.3 Å². The van der Waals surface area contributed by atoms with Crippen LogP contribution >= 0.6 is 11.8 Å². The summed E-state index contributed by atoms with van der Waals surface area (Å²) in [6.45, 7) is 4.52. The first-order valence-corrected chi connectivity index (χ1v) is 10.7. The molecule has 25 heavy (non-hydrogen) atoms. The fraction of sp³-hybridized carbons (Fsp3) is 0.455. The molecule has 2 aromatic rings. The smallest absolute Gasteiger partial charge is 0.0372 e. The molecule has 0 amide bonds. The van der Waals surface area contributed by atoms with Crippen LogP contribution in [0.1, 0.15) is 24.8 Å². The lowest BCUT2D eigenvalue weighted by Crippen LogP contribution is -2.46. The zero-order valence-corrected chi connectivity index (χ0v) is 15.9. The fourth-order valence-corrected chi connectivity index (χ4v) is 5.24. The molecular weight excluding hydrogens is 324 g/mol. The lowest BCUT2D eigenvalue weighted by molar-refractivity contribution is 0.379. The predicted octanol–water partition coefficient (Wildman–Crippen LogP) is 4.73. The molecule has 0 bridgehead atoms. The van der Waals surface area contributed by atoms with Crippen LogP contribution in [0.2, 0.25) is 0 Å². The summed E-state index contributed by atoms with van der Waals surface area (Å²) in [4.78, 5) is 2.56. The average molecular weight is 353 g/mol. The van der Waals surface area contributed by atoms with Gasteiger partial charge in [-0.05, 0) is 60.8 Å². The first kappa shape index (κ1) is 17.0. The third-order valence-corrected chi connectivity index (χ3v) is 6.73. The molecule has 0 aromatic heterocycles. The van der Waals surface area contributed by atoms with Crippen molar-refractivity contribution in [3.8, 4) is 11.1 Å². The number of benzene rings is 2. The highest BCUT2D eigenvalue weighted by Gasteiger charge is 2.23. The fourth-order valence-electron chi connectivity index (χ4n) is 4.07. The van der Waals surface area contributed by atoms with Crippen LogP contribution in [-0.4, -0.2) is 36.7 Å². The second-order valence-corrected chi connectivity index (χ2v) is 8.50. The van der Waals surface area contributed by atoms with E-state index in [0.29, 0.717) is 6.04 Å². The molecule has 2 aromatic carbocycles. The Morgan fingerprint density at radius 1 is 0.960 bits per heavy atom. The number of nitrogens with one attached hydrogen (secondary N) is 1. The SMILES string of the molecule is Cc1ccccc1-c1cccc(N2CCC(NC3CCSC3)CC2)c1. The minimum absolute atomic E-state index is 0.708. The van der Waals surface area contributed by atoms with Gasteiger partial charge in [-0.15, -0.1) is 0 Å². The standard InChI is InChI=1S/C22H28N2S/c1-17-5-2-3-8-22(17)18-6-4-7-21(15-18)24-12-9-19(10-13-24)23-20-11-14-25-16-20/h2-8,15,19-20,23H,9-14,16H2,1H3. The van der Waals surface area contributed by atoms with Crippen LogP contribution in [0.5, 0.6) is 0 Å². The van der Waals surface area contributed by atoms with Crippen molar-refractivity contribution in [3.05, 3.63) is 54.1 Å². The summed E-state index contributed by atoms with van der Waals surface area (Å²) in [5.41, 5.74) is 5.39. The Morgan fingerprint density at radius 3 is 2.56 bits per heavy atom. The number of anilines is 1. The van der Waals surface area contributed by atoms with Gasteiger partial charge in [-0.25, -0.2) is 0 Å². The highest BCUT2D eigenvalue weighted by molar-refractivity contribution is 7.99. The van der Waals surface area contributed by atoms with Crippen molar-refractivity contribution in [2.45, 2.75) is 38.3 Å². The average Bonchev–Trinajstić information content (AvgIpc) is 3.16. The number of piperidine rings is 1. The zero-order valence-electron chi connectivity index (χ0n) is 15.1. The summed E-state index contributed by atoms with van der Waals surface area (Å²) in [5.74, 6) is 2.64. The van der Waals surface area contributed by atoms with Crippen LogP contribution in [0.3, 0.4) is 0 Å². The highest BCUT2D eigenvalue weighted by atomic mass is 32.2. The van der Waals surface area contributed by atoms with E-state index < -0.39 is 0 Å². The number of rotatable bonds is 4. The molecule has 0 aliphatic carbocycles. The number of nitrogens with zero attached hydrogens (tertiary/aromatic N) is 1. The molecule has 1 N–H and O–H groups in total. The summed E-state index contributed by atoms with van der Waals surface area (Å²) in [5, 5.41) is 3.89. The third-order valence-electron chi connectivity index (χ3n) is 5.56. The van der Waals surface area contributed by atoms with Gasteiger partial charge in [0.15, 0.2) is 0 Å². The lowest BCUT2D eigenvalue weighted by Gasteiger charge is -2.35. The van der Waals surface area contributed by atoms with Crippen LogP contribution in [0.15, 0.2) is 48.5 Å². The molecule has 1 unspecified atom stereocenters. The van der Waals surface area contributed by atoms with Crippen LogP contribution in [0.25, 0.3) is 11.1 Å². The summed E-state index contributed by atoms with van der Waals surface area (Å²) in [7, 11) is 0. The van der Waals surface area contributed by atoms with Crippen molar-refractivity contribution in [1.82, 2.24) is 5.32 Å². The molecule has 2 aliphatic rings. The van der Waals surface area contributed by atoms with Crippen molar-refractivity contribution in [2.75, 3.05) is 29.5 Å². The normalized spacial score (nSPS) is 21.6. The van der Waals surface area contributed by atoms with E-state index >= 15 is 0 Å². The Morgan fingerprint density at radius 2 is 1.80 bits per heavy atom. The molecule has 2 heterocycles. The minimum atomic E-state index is 0.708. The zero-order chi connectivity index (χ0) is 17.1. The van der Waals surface area contributed by atoms with Crippen LogP contribution in [0, 0.1) is 6.92 Å². The Kier molecular flexibility index (Phi) is 5.33. The third kappa shape index (κ3) is 4.04. The van der Waals surface area contributed by atoms with Gasteiger partial charge in [-0.2, -0.15) is 11.8 Å². The van der Waals surface area contributed by atoms with Gasteiger partial charge >= 0.3 is 0 Å². The number of hydrogen-bond donors (Lipinski definition) is 1. The van der Waals surface area contributed by atoms with Gasteiger partial charge in [0.1, 0.15) is 0 Å². The van der Waals surface area contributed by atoms with Gasteiger partial charge in [0.2, 0.25) is 0 Å². The Bertz CT molecular complexity index is 701. The summed E-state index contributed by atoms with van der Waals surface area (Å²) >= 11 is 2.10. The van der Waals surface area contributed by atoms with Crippen molar-refractivity contribution in [1.29, 1.82) is 0 Å². The molecule has 132 valence electrons. The van der Waals surface area contributed by atoms with Crippen LogP contribution in [-0.2, 0) is 0 Å². The summed E-state index contributed by atoms with van der Waals surface area (Å²) < 4.78 is 0. The van der Waals surface area contributed by atoms with Gasteiger partial charge < -0.3 is 10.2 Å². The van der Waals surface area contributed by atoms with Crippen LogP contribution in [0.4, 0.5) is 5.69 Å². The van der Waals surface area contributed by atoms with E-state index in [4.69, 9.17) is 0 Å². The van der Waals surface area contributed by atoms with E-state index in [0.717, 1.165) is 19.1 Å². The second-order valence-electron chi connectivity index (χ2n) is 7.35. The molecule has 2 nitrogen and oxygen atoms in total. The van der Waals surface area contributed by atoms with Gasteiger partial charge in [0.25, 0.3) is 0 Å². The summed E-state index contributed by atoms with van der Waals surface area (Å²) in [6.07, 6.45) is 3.87. The van der Waals surface area contributed by atoms with Crippen molar-refractivity contribution >= 4 is 17.4 Å². The van der Waals surface area contributed by atoms with Crippen molar-refractivity contribution in [3.63, 3.8) is 0 Å². The maximum atomic E-state index is 3.89. The first-order chi connectivity index (χ1) is 12.3. The van der Waals surface area contributed by atoms with E-state index in [1.807, 2.05) is 0 Å². The largest absolute Gasteiger partial charge is 0.371 e.